The quantitative estimate of drug-likeness (QED) is 0.868. The van der Waals surface area contributed by atoms with Crippen LogP contribution in [0.2, 0.25) is 0 Å². The van der Waals surface area contributed by atoms with E-state index in [2.05, 4.69) is 4.98 Å². The van der Waals surface area contributed by atoms with Gasteiger partial charge in [-0.25, -0.2) is 13.4 Å². The normalized spacial score (nSPS) is 20.4. The lowest BCUT2D eigenvalue weighted by atomic mass is 10.2. The summed E-state index contributed by atoms with van der Waals surface area (Å²) in [7, 11) is -3.52. The number of rotatable bonds is 4. The summed E-state index contributed by atoms with van der Waals surface area (Å²) in [6.45, 7) is 4.57. The molecule has 0 saturated carbocycles. The molecule has 1 atom stereocenters. The smallest absolute Gasteiger partial charge is 0.262 e. The molecular formula is C14H19N3O2S2. The molecule has 5 nitrogen and oxygen atoms in total. The summed E-state index contributed by atoms with van der Waals surface area (Å²) >= 11 is 1.61. The molecule has 1 fully saturated rings. The molecule has 0 unspecified atom stereocenters. The van der Waals surface area contributed by atoms with Crippen LogP contribution >= 0.6 is 11.3 Å². The molecule has 3 heterocycles. The topological polar surface area (TPSA) is 55.2 Å². The van der Waals surface area contributed by atoms with Crippen LogP contribution in [-0.4, -0.2) is 28.8 Å². The minimum atomic E-state index is -3.52. The van der Waals surface area contributed by atoms with Gasteiger partial charge in [-0.1, -0.05) is 6.07 Å². The highest BCUT2D eigenvalue weighted by Gasteiger charge is 2.37. The van der Waals surface area contributed by atoms with Crippen LogP contribution in [0.4, 0.5) is 0 Å². The van der Waals surface area contributed by atoms with E-state index < -0.39 is 10.0 Å². The summed E-state index contributed by atoms with van der Waals surface area (Å²) < 4.78 is 29.1. The number of sulfonamides is 1. The van der Waals surface area contributed by atoms with Gasteiger partial charge >= 0.3 is 0 Å². The highest BCUT2D eigenvalue weighted by Crippen LogP contribution is 2.38. The van der Waals surface area contributed by atoms with E-state index in [1.807, 2.05) is 35.9 Å². The van der Waals surface area contributed by atoms with Gasteiger partial charge in [0.2, 0.25) is 0 Å². The number of aromatic nitrogens is 2. The first-order chi connectivity index (χ1) is 10.00. The van der Waals surface area contributed by atoms with Crippen LogP contribution in [-0.2, 0) is 10.0 Å². The summed E-state index contributed by atoms with van der Waals surface area (Å²) in [5.41, 5.74) is 0. The van der Waals surface area contributed by atoms with Crippen molar-refractivity contribution >= 4 is 21.4 Å². The maximum Gasteiger partial charge on any atom is 0.262 e. The van der Waals surface area contributed by atoms with E-state index in [0.717, 1.165) is 17.7 Å². The molecular weight excluding hydrogens is 306 g/mol. The summed E-state index contributed by atoms with van der Waals surface area (Å²) in [4.78, 5) is 5.22. The molecule has 1 saturated heterocycles. The Labute approximate surface area is 129 Å². The monoisotopic (exact) mass is 325 g/mol. The maximum absolute atomic E-state index is 12.8. The van der Waals surface area contributed by atoms with E-state index in [-0.39, 0.29) is 17.1 Å². The first kappa shape index (κ1) is 14.7. The standard InChI is InChI=1S/C14H19N3O2S2/c1-11(2)16-9-14(15-10-16)21(18,19)17-7-3-5-12(17)13-6-4-8-20-13/h4,6,8-12H,3,5,7H2,1-2H3/t12-/m1/s1. The lowest BCUT2D eigenvalue weighted by molar-refractivity contribution is 0.399. The van der Waals surface area contributed by atoms with Crippen LogP contribution in [0.5, 0.6) is 0 Å². The average Bonchev–Trinajstić information content (AvgIpc) is 3.19. The number of hydrogen-bond donors (Lipinski definition) is 0. The van der Waals surface area contributed by atoms with E-state index in [1.54, 1.807) is 28.2 Å². The van der Waals surface area contributed by atoms with Crippen molar-refractivity contribution in [3.05, 3.63) is 34.9 Å². The highest BCUT2D eigenvalue weighted by molar-refractivity contribution is 7.89. The minimum Gasteiger partial charge on any atom is -0.334 e. The molecule has 0 radical (unpaired) electrons. The third-order valence-corrected chi connectivity index (χ3v) is 6.59. The van der Waals surface area contributed by atoms with Crippen molar-refractivity contribution in [2.75, 3.05) is 6.54 Å². The van der Waals surface area contributed by atoms with Crippen LogP contribution in [0.1, 0.15) is 43.6 Å². The SMILES string of the molecule is CC(C)n1cnc(S(=O)(=O)N2CCC[C@@H]2c2cccs2)c1. The number of thiophene rings is 1. The van der Waals surface area contributed by atoms with E-state index in [0.29, 0.717) is 6.54 Å². The van der Waals surface area contributed by atoms with Crippen LogP contribution in [0.25, 0.3) is 0 Å². The molecule has 1 aliphatic rings. The fraction of sp³-hybridized carbons (Fsp3) is 0.500. The van der Waals surface area contributed by atoms with Crippen molar-refractivity contribution in [3.8, 4) is 0 Å². The zero-order valence-corrected chi connectivity index (χ0v) is 13.8. The van der Waals surface area contributed by atoms with Crippen molar-refractivity contribution in [2.45, 2.75) is 43.8 Å². The summed E-state index contributed by atoms with van der Waals surface area (Å²) in [5, 5.41) is 2.14. The largest absolute Gasteiger partial charge is 0.334 e. The number of imidazole rings is 1. The summed E-state index contributed by atoms with van der Waals surface area (Å²) in [6.07, 6.45) is 4.99. The second-order valence-corrected chi connectivity index (χ2v) is 8.36. The van der Waals surface area contributed by atoms with Crippen molar-refractivity contribution in [1.29, 1.82) is 0 Å². The van der Waals surface area contributed by atoms with Crippen molar-refractivity contribution in [1.82, 2.24) is 13.9 Å². The zero-order valence-electron chi connectivity index (χ0n) is 12.1. The maximum atomic E-state index is 12.8. The van der Waals surface area contributed by atoms with Gasteiger partial charge in [0, 0.05) is 23.7 Å². The van der Waals surface area contributed by atoms with Crippen LogP contribution < -0.4 is 0 Å². The number of nitrogens with zero attached hydrogens (tertiary/aromatic N) is 3. The van der Waals surface area contributed by atoms with E-state index in [9.17, 15) is 8.42 Å². The first-order valence-electron chi connectivity index (χ1n) is 7.09. The Hall–Kier alpha value is -1.18. The lowest BCUT2D eigenvalue weighted by Gasteiger charge is -2.22. The Kier molecular flexibility index (Phi) is 3.90. The van der Waals surface area contributed by atoms with Gasteiger partial charge in [-0.05, 0) is 38.1 Å². The molecule has 0 aromatic carbocycles. The summed E-state index contributed by atoms with van der Waals surface area (Å²) in [6, 6.07) is 4.14. The highest BCUT2D eigenvalue weighted by atomic mass is 32.2. The Bertz CT molecular complexity index is 704. The molecule has 0 amide bonds. The fourth-order valence-electron chi connectivity index (χ4n) is 2.65. The molecule has 21 heavy (non-hydrogen) atoms. The molecule has 2 aromatic rings. The Balaban J connectivity index is 1.93. The third-order valence-electron chi connectivity index (χ3n) is 3.82. The lowest BCUT2D eigenvalue weighted by Crippen LogP contribution is -2.30. The second-order valence-electron chi connectivity index (χ2n) is 5.54. The average molecular weight is 325 g/mol. The fourth-order valence-corrected chi connectivity index (χ4v) is 5.19. The molecule has 0 bridgehead atoms. The van der Waals surface area contributed by atoms with Crippen molar-refractivity contribution in [3.63, 3.8) is 0 Å². The van der Waals surface area contributed by atoms with Crippen molar-refractivity contribution in [2.24, 2.45) is 0 Å². The first-order valence-corrected chi connectivity index (χ1v) is 9.41. The molecule has 0 N–H and O–H groups in total. The number of hydrogen-bond acceptors (Lipinski definition) is 4. The van der Waals surface area contributed by atoms with E-state index >= 15 is 0 Å². The van der Waals surface area contributed by atoms with E-state index in [1.165, 1.54) is 0 Å². The Morgan fingerprint density at radius 3 is 2.86 bits per heavy atom. The van der Waals surface area contributed by atoms with Gasteiger partial charge in [0.15, 0.2) is 5.03 Å². The molecule has 0 spiro atoms. The van der Waals surface area contributed by atoms with Gasteiger partial charge in [0.1, 0.15) is 0 Å². The van der Waals surface area contributed by atoms with Gasteiger partial charge in [-0.3, -0.25) is 0 Å². The van der Waals surface area contributed by atoms with Crippen LogP contribution in [0.15, 0.2) is 35.1 Å². The predicted octanol–water partition coefficient (Wildman–Crippen LogP) is 3.05. The molecule has 3 rings (SSSR count). The van der Waals surface area contributed by atoms with Crippen LogP contribution in [0.3, 0.4) is 0 Å². The van der Waals surface area contributed by atoms with Gasteiger partial charge in [0.05, 0.1) is 12.4 Å². The third kappa shape index (κ3) is 2.65. The molecule has 114 valence electrons. The van der Waals surface area contributed by atoms with Crippen LogP contribution in [0, 0.1) is 0 Å². The predicted molar refractivity (Wildman–Crippen MR) is 82.8 cm³/mol. The van der Waals surface area contributed by atoms with Gasteiger partial charge in [-0.2, -0.15) is 4.31 Å². The molecule has 1 aliphatic heterocycles. The molecule has 0 aliphatic carbocycles. The minimum absolute atomic E-state index is 0.0424. The van der Waals surface area contributed by atoms with Gasteiger partial charge < -0.3 is 4.57 Å². The Morgan fingerprint density at radius 2 is 2.24 bits per heavy atom. The molecule has 7 heteroatoms. The van der Waals surface area contributed by atoms with Crippen molar-refractivity contribution < 1.29 is 8.42 Å². The van der Waals surface area contributed by atoms with E-state index in [4.69, 9.17) is 0 Å². The Morgan fingerprint density at radius 1 is 1.43 bits per heavy atom. The second kappa shape index (κ2) is 5.55. The molecule has 2 aromatic heterocycles. The zero-order chi connectivity index (χ0) is 15.0. The van der Waals surface area contributed by atoms with Gasteiger partial charge in [-0.15, -0.1) is 11.3 Å². The van der Waals surface area contributed by atoms with Gasteiger partial charge in [0.25, 0.3) is 10.0 Å². The summed E-state index contributed by atoms with van der Waals surface area (Å²) in [5.74, 6) is 0.